The summed E-state index contributed by atoms with van der Waals surface area (Å²) < 4.78 is 2.65. The van der Waals surface area contributed by atoms with Gasteiger partial charge in [0.25, 0.3) is 5.91 Å². The van der Waals surface area contributed by atoms with Gasteiger partial charge in [-0.05, 0) is 28.4 Å². The number of nitrogens with zero attached hydrogens (tertiary/aromatic N) is 1. The Balaban J connectivity index is 2.72. The standard InChI is InChI=1S/C12H15BrN2O/c1-4-6-10(5-2)14-12(16)11-7-9(13)8-15(11)3/h2,7-8,10H,4,6H2,1,3H3,(H,14,16). The lowest BCUT2D eigenvalue weighted by Gasteiger charge is -2.12. The van der Waals surface area contributed by atoms with Gasteiger partial charge < -0.3 is 9.88 Å². The molecule has 0 aliphatic carbocycles. The lowest BCUT2D eigenvalue weighted by atomic mass is 10.2. The van der Waals surface area contributed by atoms with Gasteiger partial charge in [-0.2, -0.15) is 0 Å². The van der Waals surface area contributed by atoms with Crippen molar-refractivity contribution in [3.05, 3.63) is 22.4 Å². The highest BCUT2D eigenvalue weighted by Crippen LogP contribution is 2.13. The molecule has 86 valence electrons. The molecule has 0 saturated carbocycles. The third kappa shape index (κ3) is 3.14. The van der Waals surface area contributed by atoms with E-state index in [1.165, 1.54) is 0 Å². The van der Waals surface area contributed by atoms with Gasteiger partial charge in [0, 0.05) is 17.7 Å². The molecule has 0 radical (unpaired) electrons. The highest BCUT2D eigenvalue weighted by molar-refractivity contribution is 9.10. The van der Waals surface area contributed by atoms with E-state index in [4.69, 9.17) is 6.42 Å². The van der Waals surface area contributed by atoms with Crippen LogP contribution in [0.5, 0.6) is 0 Å². The molecule has 4 heteroatoms. The van der Waals surface area contributed by atoms with Crippen LogP contribution in [-0.2, 0) is 7.05 Å². The first-order valence-electron chi connectivity index (χ1n) is 5.17. The summed E-state index contributed by atoms with van der Waals surface area (Å²) in [6, 6.07) is 1.58. The maximum absolute atomic E-state index is 11.9. The Bertz CT molecular complexity index is 417. The Morgan fingerprint density at radius 1 is 1.75 bits per heavy atom. The van der Waals surface area contributed by atoms with Crippen LogP contribution in [0.3, 0.4) is 0 Å². The van der Waals surface area contributed by atoms with Crippen molar-refractivity contribution in [2.75, 3.05) is 0 Å². The van der Waals surface area contributed by atoms with Crippen LogP contribution in [0.15, 0.2) is 16.7 Å². The fraction of sp³-hybridized carbons (Fsp3) is 0.417. The molecule has 1 rings (SSSR count). The van der Waals surface area contributed by atoms with Crippen LogP contribution >= 0.6 is 15.9 Å². The van der Waals surface area contributed by atoms with Gasteiger partial charge in [0.1, 0.15) is 5.69 Å². The number of halogens is 1. The van der Waals surface area contributed by atoms with Crippen LogP contribution in [-0.4, -0.2) is 16.5 Å². The third-order valence-corrected chi connectivity index (χ3v) is 2.72. The average molecular weight is 283 g/mol. The fourth-order valence-corrected chi connectivity index (χ4v) is 1.99. The monoisotopic (exact) mass is 282 g/mol. The highest BCUT2D eigenvalue weighted by atomic mass is 79.9. The molecule has 0 aliphatic heterocycles. The second-order valence-electron chi connectivity index (χ2n) is 3.64. The summed E-state index contributed by atoms with van der Waals surface area (Å²) in [5.41, 5.74) is 0.600. The molecule has 1 unspecified atom stereocenters. The zero-order chi connectivity index (χ0) is 12.1. The Labute approximate surface area is 104 Å². The van der Waals surface area contributed by atoms with Gasteiger partial charge in [0.15, 0.2) is 0 Å². The molecule has 1 aromatic heterocycles. The minimum Gasteiger partial charge on any atom is -0.345 e. The van der Waals surface area contributed by atoms with Crippen molar-refractivity contribution < 1.29 is 4.79 Å². The number of amides is 1. The van der Waals surface area contributed by atoms with Crippen molar-refractivity contribution in [2.45, 2.75) is 25.8 Å². The maximum atomic E-state index is 11.9. The van der Waals surface area contributed by atoms with Crippen LogP contribution in [0, 0.1) is 12.3 Å². The van der Waals surface area contributed by atoms with Gasteiger partial charge in [0.05, 0.1) is 6.04 Å². The summed E-state index contributed by atoms with van der Waals surface area (Å²) >= 11 is 3.32. The van der Waals surface area contributed by atoms with E-state index in [9.17, 15) is 4.79 Å². The number of aryl methyl sites for hydroxylation is 1. The van der Waals surface area contributed by atoms with Crippen molar-refractivity contribution in [3.63, 3.8) is 0 Å². The molecule has 0 bridgehead atoms. The SMILES string of the molecule is C#CC(CCC)NC(=O)c1cc(Br)cn1C. The number of hydrogen-bond acceptors (Lipinski definition) is 1. The molecular weight excluding hydrogens is 268 g/mol. The van der Waals surface area contributed by atoms with Crippen LogP contribution in [0.1, 0.15) is 30.3 Å². The van der Waals surface area contributed by atoms with E-state index in [2.05, 4.69) is 27.2 Å². The molecule has 1 N–H and O–H groups in total. The molecule has 16 heavy (non-hydrogen) atoms. The van der Waals surface area contributed by atoms with E-state index in [-0.39, 0.29) is 11.9 Å². The second-order valence-corrected chi connectivity index (χ2v) is 4.55. The summed E-state index contributed by atoms with van der Waals surface area (Å²) in [7, 11) is 1.82. The Kier molecular flexibility index (Phi) is 4.63. The van der Waals surface area contributed by atoms with Crippen molar-refractivity contribution in [1.82, 2.24) is 9.88 Å². The summed E-state index contributed by atoms with van der Waals surface area (Å²) in [4.78, 5) is 11.9. The minimum absolute atomic E-state index is 0.135. The minimum atomic E-state index is -0.189. The van der Waals surface area contributed by atoms with E-state index in [1.807, 2.05) is 20.2 Å². The Morgan fingerprint density at radius 3 is 2.88 bits per heavy atom. The predicted molar refractivity (Wildman–Crippen MR) is 68.1 cm³/mol. The molecule has 1 heterocycles. The first-order valence-corrected chi connectivity index (χ1v) is 5.96. The summed E-state index contributed by atoms with van der Waals surface area (Å²) in [6.45, 7) is 2.04. The predicted octanol–water partition coefficient (Wildman–Crippen LogP) is 2.32. The van der Waals surface area contributed by atoms with Gasteiger partial charge in [-0.25, -0.2) is 0 Å². The van der Waals surface area contributed by atoms with Crippen LogP contribution < -0.4 is 5.32 Å². The van der Waals surface area contributed by atoms with Gasteiger partial charge in [-0.1, -0.05) is 19.3 Å². The molecule has 0 saturated heterocycles. The van der Waals surface area contributed by atoms with Crippen LogP contribution in [0.4, 0.5) is 0 Å². The van der Waals surface area contributed by atoms with Crippen molar-refractivity contribution in [2.24, 2.45) is 7.05 Å². The molecule has 0 spiro atoms. The zero-order valence-corrected chi connectivity index (χ0v) is 11.0. The summed E-state index contributed by atoms with van der Waals surface area (Å²) in [5, 5.41) is 2.82. The number of rotatable bonds is 4. The largest absolute Gasteiger partial charge is 0.345 e. The lowest BCUT2D eigenvalue weighted by molar-refractivity contribution is 0.0936. The number of nitrogens with one attached hydrogen (secondary N) is 1. The van der Waals surface area contributed by atoms with Gasteiger partial charge in [-0.3, -0.25) is 4.79 Å². The molecule has 1 atom stereocenters. The van der Waals surface area contributed by atoms with Crippen molar-refractivity contribution in [3.8, 4) is 12.3 Å². The number of terminal acetylenes is 1. The first kappa shape index (κ1) is 12.9. The van der Waals surface area contributed by atoms with Gasteiger partial charge in [0.2, 0.25) is 0 Å². The molecule has 0 aromatic carbocycles. The normalized spacial score (nSPS) is 11.9. The van der Waals surface area contributed by atoms with E-state index in [0.29, 0.717) is 5.69 Å². The number of carbonyl (C=O) groups is 1. The van der Waals surface area contributed by atoms with Crippen molar-refractivity contribution in [1.29, 1.82) is 0 Å². The Morgan fingerprint density at radius 2 is 2.44 bits per heavy atom. The van der Waals surface area contributed by atoms with Crippen LogP contribution in [0.25, 0.3) is 0 Å². The molecule has 0 aliphatic rings. The number of hydrogen-bond donors (Lipinski definition) is 1. The summed E-state index contributed by atoms with van der Waals surface area (Å²) in [6.07, 6.45) is 8.93. The molecule has 0 fully saturated rings. The van der Waals surface area contributed by atoms with E-state index in [0.717, 1.165) is 17.3 Å². The molecule has 3 nitrogen and oxygen atoms in total. The topological polar surface area (TPSA) is 34.0 Å². The lowest BCUT2D eigenvalue weighted by Crippen LogP contribution is -2.34. The second kappa shape index (κ2) is 5.76. The third-order valence-electron chi connectivity index (χ3n) is 2.29. The molecule has 1 aromatic rings. The number of carbonyl (C=O) groups excluding carboxylic acids is 1. The Hall–Kier alpha value is -1.21. The quantitative estimate of drug-likeness (QED) is 0.845. The van der Waals surface area contributed by atoms with E-state index < -0.39 is 0 Å². The van der Waals surface area contributed by atoms with Crippen molar-refractivity contribution >= 4 is 21.8 Å². The average Bonchev–Trinajstić information content (AvgIpc) is 2.57. The first-order chi connectivity index (χ1) is 7.58. The highest BCUT2D eigenvalue weighted by Gasteiger charge is 2.14. The fourth-order valence-electron chi connectivity index (χ4n) is 1.47. The van der Waals surface area contributed by atoms with E-state index in [1.54, 1.807) is 10.6 Å². The molecular formula is C12H15BrN2O. The van der Waals surface area contributed by atoms with E-state index >= 15 is 0 Å². The zero-order valence-electron chi connectivity index (χ0n) is 9.46. The van der Waals surface area contributed by atoms with Gasteiger partial charge in [-0.15, -0.1) is 6.42 Å². The maximum Gasteiger partial charge on any atom is 0.268 e. The summed E-state index contributed by atoms with van der Waals surface area (Å²) in [5.74, 6) is 2.44. The smallest absolute Gasteiger partial charge is 0.268 e. The van der Waals surface area contributed by atoms with Gasteiger partial charge >= 0.3 is 0 Å². The molecule has 1 amide bonds. The number of aromatic nitrogens is 1. The van der Waals surface area contributed by atoms with Crippen LogP contribution in [0.2, 0.25) is 0 Å².